The molecule has 1 unspecified atom stereocenters. The summed E-state index contributed by atoms with van der Waals surface area (Å²) in [5.74, 6) is -0.501. The van der Waals surface area contributed by atoms with E-state index in [1.807, 2.05) is 37.3 Å². The molecule has 0 heterocycles. The summed E-state index contributed by atoms with van der Waals surface area (Å²) in [5.41, 5.74) is 1.75. The number of anilines is 1. The van der Waals surface area contributed by atoms with Crippen molar-refractivity contribution in [1.82, 2.24) is 5.32 Å². The van der Waals surface area contributed by atoms with Crippen molar-refractivity contribution in [3.8, 4) is 0 Å². The molecule has 0 fully saturated rings. The van der Waals surface area contributed by atoms with Crippen LogP contribution in [-0.4, -0.2) is 12.5 Å². The van der Waals surface area contributed by atoms with Crippen LogP contribution in [0.25, 0.3) is 0 Å². The topological polar surface area (TPSA) is 41.1 Å². The van der Waals surface area contributed by atoms with Gasteiger partial charge in [0.15, 0.2) is 0 Å². The van der Waals surface area contributed by atoms with Gasteiger partial charge in [-0.1, -0.05) is 41.9 Å². The first-order valence-electron chi connectivity index (χ1n) is 7.09. The molecule has 0 aliphatic heterocycles. The lowest BCUT2D eigenvalue weighted by Gasteiger charge is -2.14. The van der Waals surface area contributed by atoms with Crippen LogP contribution in [0.15, 0.2) is 48.5 Å². The highest BCUT2D eigenvalue weighted by Gasteiger charge is 2.09. The standard InChI is InChI=1S/C17H18ClFN2O/c1-12(13-5-3-2-4-6-13)21-17(22)9-10-20-14-7-8-16(19)15(18)11-14/h2-8,11-12,20H,9-10H2,1H3,(H,21,22). The van der Waals surface area contributed by atoms with Crippen molar-refractivity contribution in [3.05, 3.63) is 64.9 Å². The van der Waals surface area contributed by atoms with E-state index in [-0.39, 0.29) is 17.0 Å². The number of rotatable bonds is 6. The Morgan fingerprint density at radius 1 is 1.23 bits per heavy atom. The van der Waals surface area contributed by atoms with E-state index < -0.39 is 5.82 Å². The van der Waals surface area contributed by atoms with Gasteiger partial charge in [-0.25, -0.2) is 4.39 Å². The van der Waals surface area contributed by atoms with Gasteiger partial charge in [-0.3, -0.25) is 4.79 Å². The third kappa shape index (κ3) is 4.74. The number of hydrogen-bond acceptors (Lipinski definition) is 2. The van der Waals surface area contributed by atoms with Gasteiger partial charge >= 0.3 is 0 Å². The Kier molecular flexibility index (Phi) is 5.78. The monoisotopic (exact) mass is 320 g/mol. The quantitative estimate of drug-likeness (QED) is 0.839. The maximum atomic E-state index is 13.0. The van der Waals surface area contributed by atoms with Gasteiger partial charge in [0.05, 0.1) is 11.1 Å². The molecule has 0 bridgehead atoms. The van der Waals surface area contributed by atoms with E-state index in [4.69, 9.17) is 11.6 Å². The minimum Gasteiger partial charge on any atom is -0.384 e. The average molecular weight is 321 g/mol. The second-order valence-electron chi connectivity index (χ2n) is 5.01. The predicted molar refractivity (Wildman–Crippen MR) is 87.5 cm³/mol. The second kappa shape index (κ2) is 7.80. The molecule has 1 atom stereocenters. The zero-order chi connectivity index (χ0) is 15.9. The Balaban J connectivity index is 1.77. The van der Waals surface area contributed by atoms with E-state index in [0.29, 0.717) is 18.7 Å². The van der Waals surface area contributed by atoms with Gasteiger partial charge in [0.2, 0.25) is 5.91 Å². The van der Waals surface area contributed by atoms with E-state index in [9.17, 15) is 9.18 Å². The molecule has 0 radical (unpaired) electrons. The van der Waals surface area contributed by atoms with Crippen LogP contribution in [0.1, 0.15) is 24.9 Å². The Hall–Kier alpha value is -2.07. The van der Waals surface area contributed by atoms with E-state index in [1.54, 1.807) is 6.07 Å². The van der Waals surface area contributed by atoms with Crippen LogP contribution in [0, 0.1) is 5.82 Å². The lowest BCUT2D eigenvalue weighted by atomic mass is 10.1. The number of hydrogen-bond donors (Lipinski definition) is 2. The number of halogens is 2. The first-order chi connectivity index (χ1) is 10.6. The number of amides is 1. The lowest BCUT2D eigenvalue weighted by Crippen LogP contribution is -2.28. The molecule has 0 spiro atoms. The Bertz CT molecular complexity index is 634. The number of nitrogens with one attached hydrogen (secondary N) is 2. The largest absolute Gasteiger partial charge is 0.384 e. The van der Waals surface area contributed by atoms with Crippen LogP contribution in [0.5, 0.6) is 0 Å². The Labute approximate surface area is 134 Å². The summed E-state index contributed by atoms with van der Waals surface area (Å²) in [4.78, 5) is 11.9. The summed E-state index contributed by atoms with van der Waals surface area (Å²) in [6.07, 6.45) is 0.326. The minimum atomic E-state index is -0.457. The van der Waals surface area contributed by atoms with Crippen LogP contribution >= 0.6 is 11.6 Å². The SMILES string of the molecule is CC(NC(=O)CCNc1ccc(F)c(Cl)c1)c1ccccc1. The van der Waals surface area contributed by atoms with Crippen molar-refractivity contribution in [2.45, 2.75) is 19.4 Å². The summed E-state index contributed by atoms with van der Waals surface area (Å²) < 4.78 is 13.0. The molecule has 0 saturated heterocycles. The fourth-order valence-electron chi connectivity index (χ4n) is 2.07. The van der Waals surface area contributed by atoms with E-state index in [2.05, 4.69) is 10.6 Å². The van der Waals surface area contributed by atoms with Gasteiger partial charge in [0, 0.05) is 18.7 Å². The minimum absolute atomic E-state index is 0.0334. The molecule has 22 heavy (non-hydrogen) atoms. The van der Waals surface area contributed by atoms with Crippen LogP contribution < -0.4 is 10.6 Å². The van der Waals surface area contributed by atoms with Gasteiger partial charge in [0.1, 0.15) is 5.82 Å². The van der Waals surface area contributed by atoms with Gasteiger partial charge < -0.3 is 10.6 Å². The molecule has 5 heteroatoms. The van der Waals surface area contributed by atoms with Gasteiger partial charge in [-0.05, 0) is 30.7 Å². The summed E-state index contributed by atoms with van der Waals surface area (Å²) in [5, 5.41) is 6.04. The molecular weight excluding hydrogens is 303 g/mol. The third-order valence-corrected chi connectivity index (χ3v) is 3.57. The molecule has 0 aromatic heterocycles. The van der Waals surface area contributed by atoms with Gasteiger partial charge in [-0.2, -0.15) is 0 Å². The highest BCUT2D eigenvalue weighted by Crippen LogP contribution is 2.19. The molecule has 116 valence electrons. The normalized spacial score (nSPS) is 11.8. The number of benzene rings is 2. The molecule has 2 rings (SSSR count). The summed E-state index contributed by atoms with van der Waals surface area (Å²) in [7, 11) is 0. The van der Waals surface area contributed by atoms with Crippen LogP contribution in [-0.2, 0) is 4.79 Å². The first kappa shape index (κ1) is 16.3. The molecule has 0 aliphatic carbocycles. The third-order valence-electron chi connectivity index (χ3n) is 3.28. The van der Waals surface area contributed by atoms with Crippen molar-refractivity contribution in [2.75, 3.05) is 11.9 Å². The van der Waals surface area contributed by atoms with Crippen LogP contribution in [0.2, 0.25) is 5.02 Å². The van der Waals surface area contributed by atoms with Crippen LogP contribution in [0.3, 0.4) is 0 Å². The van der Waals surface area contributed by atoms with Crippen molar-refractivity contribution in [1.29, 1.82) is 0 Å². The molecule has 2 aromatic carbocycles. The number of carbonyl (C=O) groups excluding carboxylic acids is 1. The molecule has 0 saturated carbocycles. The summed E-state index contributed by atoms with van der Waals surface area (Å²) in [6, 6.07) is 14.1. The molecule has 2 aromatic rings. The fourth-order valence-corrected chi connectivity index (χ4v) is 2.25. The Morgan fingerprint density at radius 2 is 1.95 bits per heavy atom. The van der Waals surface area contributed by atoms with E-state index in [0.717, 1.165) is 5.56 Å². The zero-order valence-electron chi connectivity index (χ0n) is 12.3. The molecule has 0 aliphatic rings. The van der Waals surface area contributed by atoms with Crippen molar-refractivity contribution in [2.24, 2.45) is 0 Å². The van der Waals surface area contributed by atoms with E-state index in [1.165, 1.54) is 12.1 Å². The predicted octanol–water partition coefficient (Wildman–Crippen LogP) is 4.16. The fraction of sp³-hybridized carbons (Fsp3) is 0.235. The highest BCUT2D eigenvalue weighted by molar-refractivity contribution is 6.31. The lowest BCUT2D eigenvalue weighted by molar-refractivity contribution is -0.121. The zero-order valence-corrected chi connectivity index (χ0v) is 13.0. The number of carbonyl (C=O) groups is 1. The van der Waals surface area contributed by atoms with Gasteiger partial charge in [0.25, 0.3) is 0 Å². The molecule has 3 nitrogen and oxygen atoms in total. The van der Waals surface area contributed by atoms with Gasteiger partial charge in [-0.15, -0.1) is 0 Å². The first-order valence-corrected chi connectivity index (χ1v) is 7.47. The van der Waals surface area contributed by atoms with Crippen LogP contribution in [0.4, 0.5) is 10.1 Å². The van der Waals surface area contributed by atoms with Crippen molar-refractivity contribution >= 4 is 23.2 Å². The van der Waals surface area contributed by atoms with E-state index >= 15 is 0 Å². The molecular formula is C17H18ClFN2O. The maximum absolute atomic E-state index is 13.0. The molecule has 1 amide bonds. The average Bonchev–Trinajstić information content (AvgIpc) is 2.51. The second-order valence-corrected chi connectivity index (χ2v) is 5.41. The maximum Gasteiger partial charge on any atom is 0.222 e. The Morgan fingerprint density at radius 3 is 2.64 bits per heavy atom. The molecule has 2 N–H and O–H groups in total. The summed E-state index contributed by atoms with van der Waals surface area (Å²) >= 11 is 5.70. The summed E-state index contributed by atoms with van der Waals surface area (Å²) in [6.45, 7) is 2.40. The highest BCUT2D eigenvalue weighted by atomic mass is 35.5. The smallest absolute Gasteiger partial charge is 0.222 e. The van der Waals surface area contributed by atoms with Crippen molar-refractivity contribution in [3.63, 3.8) is 0 Å². The van der Waals surface area contributed by atoms with Crippen molar-refractivity contribution < 1.29 is 9.18 Å².